The zero-order valence-corrected chi connectivity index (χ0v) is 14.2. The van der Waals surface area contributed by atoms with Gasteiger partial charge in [-0.25, -0.2) is 15.0 Å². The summed E-state index contributed by atoms with van der Waals surface area (Å²) in [6, 6.07) is 20.3. The molecule has 0 bridgehead atoms. The summed E-state index contributed by atoms with van der Waals surface area (Å²) in [6.45, 7) is 2.01. The second-order valence-electron chi connectivity index (χ2n) is 6.22. The standard InChI is InChI=1S/C22H15N3O/c1-14-20(15-7-3-2-4-8-15)21(25-13-24-14)16-11-18-17-9-5-6-10-19(17)26-22(18)23-12-16/h2-13H,1H3. The minimum atomic E-state index is 0.641. The third kappa shape index (κ3) is 2.27. The van der Waals surface area contributed by atoms with Gasteiger partial charge in [-0.2, -0.15) is 0 Å². The average molecular weight is 337 g/mol. The Bertz CT molecular complexity index is 1240. The molecule has 3 heterocycles. The minimum absolute atomic E-state index is 0.641. The van der Waals surface area contributed by atoms with Crippen molar-refractivity contribution >= 4 is 22.1 Å². The number of furan rings is 1. The van der Waals surface area contributed by atoms with Crippen LogP contribution in [0, 0.1) is 6.92 Å². The maximum Gasteiger partial charge on any atom is 0.227 e. The van der Waals surface area contributed by atoms with Crippen molar-refractivity contribution in [3.05, 3.63) is 78.9 Å². The molecule has 5 aromatic rings. The summed E-state index contributed by atoms with van der Waals surface area (Å²) in [5.41, 5.74) is 6.38. The molecule has 4 heteroatoms. The van der Waals surface area contributed by atoms with E-state index in [1.807, 2.05) is 49.5 Å². The molecular formula is C22H15N3O. The smallest absolute Gasteiger partial charge is 0.227 e. The second-order valence-corrected chi connectivity index (χ2v) is 6.22. The number of para-hydroxylation sites is 1. The van der Waals surface area contributed by atoms with Crippen LogP contribution in [0.5, 0.6) is 0 Å². The van der Waals surface area contributed by atoms with E-state index in [9.17, 15) is 0 Å². The number of pyridine rings is 1. The highest BCUT2D eigenvalue weighted by atomic mass is 16.3. The quantitative estimate of drug-likeness (QED) is 0.432. The zero-order chi connectivity index (χ0) is 17.5. The van der Waals surface area contributed by atoms with E-state index in [-0.39, 0.29) is 0 Å². The van der Waals surface area contributed by atoms with E-state index in [0.29, 0.717) is 5.71 Å². The first kappa shape index (κ1) is 14.8. The predicted molar refractivity (Wildman–Crippen MR) is 103 cm³/mol. The number of fused-ring (bicyclic) bond motifs is 3. The summed E-state index contributed by atoms with van der Waals surface area (Å²) >= 11 is 0. The predicted octanol–water partition coefficient (Wildman–Crippen LogP) is 5.41. The van der Waals surface area contributed by atoms with Crippen LogP contribution in [0.15, 0.2) is 77.6 Å². The van der Waals surface area contributed by atoms with Crippen LogP contribution in [0.25, 0.3) is 44.5 Å². The number of aryl methyl sites for hydroxylation is 1. The van der Waals surface area contributed by atoms with E-state index in [1.165, 1.54) is 0 Å². The molecule has 0 saturated heterocycles. The highest BCUT2D eigenvalue weighted by Crippen LogP contribution is 2.35. The van der Waals surface area contributed by atoms with Crippen LogP contribution in [0.2, 0.25) is 0 Å². The van der Waals surface area contributed by atoms with Crippen LogP contribution in [-0.2, 0) is 0 Å². The fourth-order valence-electron chi connectivity index (χ4n) is 3.38. The highest BCUT2D eigenvalue weighted by molar-refractivity contribution is 6.05. The van der Waals surface area contributed by atoms with Gasteiger partial charge in [0.2, 0.25) is 5.71 Å². The number of aromatic nitrogens is 3. The van der Waals surface area contributed by atoms with Gasteiger partial charge in [-0.15, -0.1) is 0 Å². The molecule has 0 aliphatic heterocycles. The van der Waals surface area contributed by atoms with Gasteiger partial charge in [0.15, 0.2) is 0 Å². The van der Waals surface area contributed by atoms with Crippen molar-refractivity contribution in [1.82, 2.24) is 15.0 Å². The van der Waals surface area contributed by atoms with Crippen molar-refractivity contribution < 1.29 is 4.42 Å². The highest BCUT2D eigenvalue weighted by Gasteiger charge is 2.15. The molecule has 0 fully saturated rings. The fourth-order valence-corrected chi connectivity index (χ4v) is 3.38. The molecule has 5 rings (SSSR count). The lowest BCUT2D eigenvalue weighted by Gasteiger charge is -2.11. The second kappa shape index (κ2) is 5.77. The van der Waals surface area contributed by atoms with Crippen molar-refractivity contribution in [2.24, 2.45) is 0 Å². The van der Waals surface area contributed by atoms with Crippen LogP contribution >= 0.6 is 0 Å². The number of nitrogens with zero attached hydrogens (tertiary/aromatic N) is 3. The lowest BCUT2D eigenvalue weighted by molar-refractivity contribution is 0.654. The average Bonchev–Trinajstić information content (AvgIpc) is 3.06. The molecule has 124 valence electrons. The van der Waals surface area contributed by atoms with Gasteiger partial charge in [-0.1, -0.05) is 48.5 Å². The van der Waals surface area contributed by atoms with Gasteiger partial charge in [-0.3, -0.25) is 0 Å². The molecule has 0 aliphatic rings. The Morgan fingerprint density at radius 2 is 1.58 bits per heavy atom. The van der Waals surface area contributed by atoms with Crippen molar-refractivity contribution in [2.45, 2.75) is 6.92 Å². The Balaban J connectivity index is 1.78. The van der Waals surface area contributed by atoms with Gasteiger partial charge in [0.05, 0.1) is 5.69 Å². The maximum absolute atomic E-state index is 5.84. The van der Waals surface area contributed by atoms with Crippen molar-refractivity contribution in [3.63, 3.8) is 0 Å². The summed E-state index contributed by atoms with van der Waals surface area (Å²) in [4.78, 5) is 13.5. The molecule has 0 spiro atoms. The molecular weight excluding hydrogens is 322 g/mol. The molecule has 0 amide bonds. The monoisotopic (exact) mass is 337 g/mol. The molecule has 0 saturated carbocycles. The largest absolute Gasteiger partial charge is 0.438 e. The van der Waals surface area contributed by atoms with E-state index in [1.54, 1.807) is 6.33 Å². The van der Waals surface area contributed by atoms with Gasteiger partial charge in [0.25, 0.3) is 0 Å². The van der Waals surface area contributed by atoms with Crippen LogP contribution in [0.4, 0.5) is 0 Å². The van der Waals surface area contributed by atoms with E-state index in [4.69, 9.17) is 4.42 Å². The van der Waals surface area contributed by atoms with Crippen LogP contribution in [0.1, 0.15) is 5.69 Å². The molecule has 0 N–H and O–H groups in total. The number of rotatable bonds is 2. The summed E-state index contributed by atoms with van der Waals surface area (Å²) in [7, 11) is 0. The molecule has 0 radical (unpaired) electrons. The molecule has 0 aliphatic carbocycles. The topological polar surface area (TPSA) is 51.8 Å². The molecule has 4 nitrogen and oxygen atoms in total. The maximum atomic E-state index is 5.84. The Morgan fingerprint density at radius 3 is 2.46 bits per heavy atom. The summed E-state index contributed by atoms with van der Waals surface area (Å²) in [5.74, 6) is 0. The SMILES string of the molecule is Cc1ncnc(-c2cnc3oc4ccccc4c3c2)c1-c1ccccc1. The Morgan fingerprint density at radius 1 is 0.769 bits per heavy atom. The van der Waals surface area contributed by atoms with E-state index in [0.717, 1.165) is 44.4 Å². The third-order valence-corrected chi connectivity index (χ3v) is 4.61. The number of benzene rings is 2. The molecule has 0 atom stereocenters. The first-order valence-electron chi connectivity index (χ1n) is 8.46. The molecule has 2 aromatic carbocycles. The zero-order valence-electron chi connectivity index (χ0n) is 14.2. The summed E-state index contributed by atoms with van der Waals surface area (Å²) < 4.78 is 5.84. The molecule has 0 unspecified atom stereocenters. The minimum Gasteiger partial charge on any atom is -0.438 e. The van der Waals surface area contributed by atoms with E-state index < -0.39 is 0 Å². The van der Waals surface area contributed by atoms with Crippen LogP contribution in [-0.4, -0.2) is 15.0 Å². The summed E-state index contributed by atoms with van der Waals surface area (Å²) in [5, 5.41) is 2.05. The summed E-state index contributed by atoms with van der Waals surface area (Å²) in [6.07, 6.45) is 3.42. The molecule has 3 aromatic heterocycles. The van der Waals surface area contributed by atoms with Crippen LogP contribution in [0.3, 0.4) is 0 Å². The van der Waals surface area contributed by atoms with Crippen molar-refractivity contribution in [3.8, 4) is 22.4 Å². The van der Waals surface area contributed by atoms with Gasteiger partial charge in [-0.05, 0) is 24.6 Å². The Labute approximate surface area is 150 Å². The first-order valence-corrected chi connectivity index (χ1v) is 8.46. The number of hydrogen-bond donors (Lipinski definition) is 0. The normalized spacial score (nSPS) is 11.3. The Kier molecular flexibility index (Phi) is 3.28. The van der Waals surface area contributed by atoms with Gasteiger partial charge < -0.3 is 4.42 Å². The van der Waals surface area contributed by atoms with Crippen LogP contribution < -0.4 is 0 Å². The lowest BCUT2D eigenvalue weighted by Crippen LogP contribution is -1.96. The van der Waals surface area contributed by atoms with Crippen molar-refractivity contribution in [2.75, 3.05) is 0 Å². The third-order valence-electron chi connectivity index (χ3n) is 4.61. The fraction of sp³-hybridized carbons (Fsp3) is 0.0455. The first-order chi connectivity index (χ1) is 12.8. The Hall–Kier alpha value is -3.53. The van der Waals surface area contributed by atoms with Gasteiger partial charge in [0.1, 0.15) is 11.9 Å². The van der Waals surface area contributed by atoms with Gasteiger partial charge >= 0.3 is 0 Å². The lowest BCUT2D eigenvalue weighted by atomic mass is 9.98. The van der Waals surface area contributed by atoms with E-state index >= 15 is 0 Å². The van der Waals surface area contributed by atoms with Crippen molar-refractivity contribution in [1.29, 1.82) is 0 Å². The number of hydrogen-bond acceptors (Lipinski definition) is 4. The van der Waals surface area contributed by atoms with Gasteiger partial charge in [0, 0.05) is 33.8 Å². The molecule has 26 heavy (non-hydrogen) atoms. The van der Waals surface area contributed by atoms with E-state index in [2.05, 4.69) is 39.2 Å².